The highest BCUT2D eigenvalue weighted by Crippen LogP contribution is 2.24. The summed E-state index contributed by atoms with van der Waals surface area (Å²) in [7, 11) is 0. The van der Waals surface area contributed by atoms with Crippen LogP contribution in [-0.2, 0) is 4.79 Å². The van der Waals surface area contributed by atoms with Gasteiger partial charge in [-0.3, -0.25) is 19.1 Å². The molecule has 3 rings (SSSR count). The topological polar surface area (TPSA) is 52.0 Å². The summed E-state index contributed by atoms with van der Waals surface area (Å²) >= 11 is 0. The molecule has 128 valence electrons. The van der Waals surface area contributed by atoms with Crippen LogP contribution in [0.5, 0.6) is 0 Å². The van der Waals surface area contributed by atoms with E-state index in [2.05, 4.69) is 11.6 Å². The first-order chi connectivity index (χ1) is 12.7. The van der Waals surface area contributed by atoms with Crippen molar-refractivity contribution in [2.45, 2.75) is 6.92 Å². The number of aldehydes is 1. The van der Waals surface area contributed by atoms with Crippen LogP contribution in [0.15, 0.2) is 90.0 Å². The van der Waals surface area contributed by atoms with Crippen molar-refractivity contribution < 1.29 is 4.79 Å². The molecule has 1 aromatic carbocycles. The minimum Gasteiger partial charge on any atom is -0.298 e. The highest BCUT2D eigenvalue weighted by atomic mass is 16.1. The molecule has 0 bridgehead atoms. The molecule has 0 aliphatic heterocycles. The Morgan fingerprint density at radius 2 is 1.85 bits per heavy atom. The van der Waals surface area contributed by atoms with Gasteiger partial charge in [0.05, 0.1) is 5.69 Å². The quantitative estimate of drug-likeness (QED) is 0.399. The number of aromatic nitrogens is 2. The van der Waals surface area contributed by atoms with Gasteiger partial charge < -0.3 is 0 Å². The summed E-state index contributed by atoms with van der Waals surface area (Å²) in [6, 6.07) is 16.7. The van der Waals surface area contributed by atoms with Crippen molar-refractivity contribution in [3.63, 3.8) is 0 Å². The fourth-order valence-corrected chi connectivity index (χ4v) is 2.81. The number of hydrogen-bond acceptors (Lipinski definition) is 3. The van der Waals surface area contributed by atoms with E-state index in [-0.39, 0.29) is 11.1 Å². The SMILES string of the molecule is C=C(C=O)/C(=C\C)c1cc(-c2ccccn2)cn(-c2ccccc2)c1=O. The first-order valence-corrected chi connectivity index (χ1v) is 8.20. The summed E-state index contributed by atoms with van der Waals surface area (Å²) in [5.41, 5.74) is 3.25. The molecule has 3 aromatic rings. The molecule has 0 saturated heterocycles. The molecule has 0 unspecified atom stereocenters. The van der Waals surface area contributed by atoms with Crippen molar-refractivity contribution in [3.8, 4) is 16.9 Å². The largest absolute Gasteiger partial charge is 0.298 e. The molecule has 4 heteroatoms. The fourth-order valence-electron chi connectivity index (χ4n) is 2.81. The van der Waals surface area contributed by atoms with Gasteiger partial charge in [0.2, 0.25) is 0 Å². The van der Waals surface area contributed by atoms with Gasteiger partial charge in [-0.15, -0.1) is 0 Å². The van der Waals surface area contributed by atoms with Gasteiger partial charge in [0.25, 0.3) is 5.56 Å². The zero-order chi connectivity index (χ0) is 18.5. The van der Waals surface area contributed by atoms with Crippen LogP contribution in [-0.4, -0.2) is 15.8 Å². The maximum absolute atomic E-state index is 13.1. The van der Waals surface area contributed by atoms with Gasteiger partial charge in [-0.2, -0.15) is 0 Å². The number of carbonyl (C=O) groups excluding carboxylic acids is 1. The van der Waals surface area contributed by atoms with Gasteiger partial charge in [-0.25, -0.2) is 0 Å². The summed E-state index contributed by atoms with van der Waals surface area (Å²) in [6.45, 7) is 5.55. The van der Waals surface area contributed by atoms with E-state index >= 15 is 0 Å². The summed E-state index contributed by atoms with van der Waals surface area (Å²) < 4.78 is 1.57. The second kappa shape index (κ2) is 7.57. The maximum atomic E-state index is 13.1. The van der Waals surface area contributed by atoms with Crippen molar-refractivity contribution in [1.29, 1.82) is 0 Å². The van der Waals surface area contributed by atoms with Crippen LogP contribution in [0.25, 0.3) is 22.5 Å². The Hall–Kier alpha value is -3.53. The van der Waals surface area contributed by atoms with Gasteiger partial charge in [-0.05, 0) is 42.8 Å². The Balaban J connectivity index is 2.32. The van der Waals surface area contributed by atoms with E-state index in [1.807, 2.05) is 48.5 Å². The number of benzene rings is 1. The first-order valence-electron chi connectivity index (χ1n) is 8.20. The lowest BCUT2D eigenvalue weighted by Crippen LogP contribution is -2.22. The van der Waals surface area contributed by atoms with Crippen LogP contribution >= 0.6 is 0 Å². The lowest BCUT2D eigenvalue weighted by molar-refractivity contribution is -0.104. The van der Waals surface area contributed by atoms with Crippen LogP contribution in [0.1, 0.15) is 12.5 Å². The van der Waals surface area contributed by atoms with Gasteiger partial charge in [0, 0.05) is 34.8 Å². The van der Waals surface area contributed by atoms with E-state index in [1.165, 1.54) is 0 Å². The third-order valence-electron chi connectivity index (χ3n) is 4.08. The van der Waals surface area contributed by atoms with E-state index in [0.717, 1.165) is 16.9 Å². The first kappa shape index (κ1) is 17.3. The van der Waals surface area contributed by atoms with Gasteiger partial charge in [0.1, 0.15) is 6.29 Å². The predicted octanol–water partition coefficient (Wildman–Crippen LogP) is 4.06. The molecular weight excluding hydrogens is 324 g/mol. The van der Waals surface area contributed by atoms with E-state index in [4.69, 9.17) is 0 Å². The fraction of sp³-hybridized carbons (Fsp3) is 0.0455. The molecule has 4 nitrogen and oxygen atoms in total. The zero-order valence-corrected chi connectivity index (χ0v) is 14.4. The Morgan fingerprint density at radius 3 is 2.46 bits per heavy atom. The van der Waals surface area contributed by atoms with Crippen molar-refractivity contribution in [2.75, 3.05) is 0 Å². The smallest absolute Gasteiger partial charge is 0.263 e. The van der Waals surface area contributed by atoms with Crippen LogP contribution in [0.2, 0.25) is 0 Å². The number of para-hydroxylation sites is 1. The molecular formula is C22H18N2O2. The standard InChI is InChI=1S/C22H18N2O2/c1-3-19(16(2)15-25)20-13-17(21-11-7-8-12-23-21)14-24(22(20)26)18-9-5-4-6-10-18/h3-15H,2H2,1H3/b19-3+. The molecule has 0 radical (unpaired) electrons. The Bertz CT molecular complexity index is 1030. The monoisotopic (exact) mass is 342 g/mol. The van der Waals surface area contributed by atoms with E-state index < -0.39 is 0 Å². The van der Waals surface area contributed by atoms with Crippen LogP contribution in [0, 0.1) is 0 Å². The van der Waals surface area contributed by atoms with Crippen molar-refractivity contribution in [2.24, 2.45) is 0 Å². The predicted molar refractivity (Wildman–Crippen MR) is 104 cm³/mol. The lowest BCUT2D eigenvalue weighted by Gasteiger charge is -2.13. The molecule has 2 heterocycles. The summed E-state index contributed by atoms with van der Waals surface area (Å²) in [6.07, 6.45) is 5.86. The maximum Gasteiger partial charge on any atom is 0.263 e. The molecule has 26 heavy (non-hydrogen) atoms. The number of pyridine rings is 2. The highest BCUT2D eigenvalue weighted by Gasteiger charge is 2.15. The minimum absolute atomic E-state index is 0.216. The zero-order valence-electron chi connectivity index (χ0n) is 14.4. The van der Waals surface area contributed by atoms with Gasteiger partial charge >= 0.3 is 0 Å². The van der Waals surface area contributed by atoms with Gasteiger partial charge in [-0.1, -0.05) is 36.9 Å². The molecule has 0 fully saturated rings. The Morgan fingerprint density at radius 1 is 1.12 bits per heavy atom. The molecule has 0 N–H and O–H groups in total. The summed E-state index contributed by atoms with van der Waals surface area (Å²) in [5, 5.41) is 0. The van der Waals surface area contributed by atoms with Crippen LogP contribution in [0.4, 0.5) is 0 Å². The summed E-state index contributed by atoms with van der Waals surface area (Å²) in [5.74, 6) is 0. The number of rotatable bonds is 5. The average Bonchev–Trinajstić information content (AvgIpc) is 2.70. The highest BCUT2D eigenvalue weighted by molar-refractivity contribution is 5.98. The molecule has 0 amide bonds. The van der Waals surface area contributed by atoms with Crippen LogP contribution < -0.4 is 5.56 Å². The summed E-state index contributed by atoms with van der Waals surface area (Å²) in [4.78, 5) is 28.7. The second-order valence-corrected chi connectivity index (χ2v) is 5.71. The average molecular weight is 342 g/mol. The third-order valence-corrected chi connectivity index (χ3v) is 4.08. The van der Waals surface area contributed by atoms with E-state index in [1.54, 1.807) is 36.0 Å². The number of hydrogen-bond donors (Lipinski definition) is 0. The number of carbonyl (C=O) groups is 1. The Labute approximate surface area is 151 Å². The Kier molecular flexibility index (Phi) is 5.04. The molecule has 0 aliphatic carbocycles. The molecule has 0 spiro atoms. The van der Waals surface area contributed by atoms with Crippen LogP contribution in [0.3, 0.4) is 0 Å². The molecule has 2 aromatic heterocycles. The lowest BCUT2D eigenvalue weighted by atomic mass is 9.98. The van der Waals surface area contributed by atoms with Crippen molar-refractivity contribution in [1.82, 2.24) is 9.55 Å². The molecule has 0 saturated carbocycles. The van der Waals surface area contributed by atoms with Crippen molar-refractivity contribution in [3.05, 3.63) is 101 Å². The normalized spacial score (nSPS) is 11.2. The van der Waals surface area contributed by atoms with Crippen molar-refractivity contribution >= 4 is 11.9 Å². The second-order valence-electron chi connectivity index (χ2n) is 5.71. The van der Waals surface area contributed by atoms with E-state index in [9.17, 15) is 9.59 Å². The molecule has 0 aliphatic rings. The number of nitrogens with zero attached hydrogens (tertiary/aromatic N) is 2. The van der Waals surface area contributed by atoms with E-state index in [0.29, 0.717) is 17.4 Å². The third kappa shape index (κ3) is 3.30. The number of allylic oxidation sites excluding steroid dienone is 3. The van der Waals surface area contributed by atoms with Gasteiger partial charge in [0.15, 0.2) is 0 Å². The minimum atomic E-state index is -0.216. The molecule has 0 atom stereocenters.